The number of Topliss-reactive ketones (excluding diaryl/α,β-unsaturated/α-hetero) is 1. The molecule has 0 radical (unpaired) electrons. The summed E-state index contributed by atoms with van der Waals surface area (Å²) in [5.74, 6) is -1.07. The summed E-state index contributed by atoms with van der Waals surface area (Å²) < 4.78 is 6.15. The van der Waals surface area contributed by atoms with Crippen LogP contribution in [0.25, 0.3) is 5.76 Å². The third-order valence-corrected chi connectivity index (χ3v) is 5.54. The van der Waals surface area contributed by atoms with Gasteiger partial charge >= 0.3 is 0 Å². The highest BCUT2D eigenvalue weighted by Crippen LogP contribution is 2.42. The van der Waals surface area contributed by atoms with Crippen LogP contribution in [0.3, 0.4) is 0 Å². The Kier molecular flexibility index (Phi) is 5.42. The van der Waals surface area contributed by atoms with Gasteiger partial charge in [0, 0.05) is 21.8 Å². The lowest BCUT2D eigenvalue weighted by Gasteiger charge is -2.25. The zero-order chi connectivity index (χ0) is 21.3. The van der Waals surface area contributed by atoms with Gasteiger partial charge in [-0.15, -0.1) is 0 Å². The van der Waals surface area contributed by atoms with Gasteiger partial charge in [0.1, 0.15) is 11.5 Å². The van der Waals surface area contributed by atoms with E-state index in [2.05, 4.69) is 15.9 Å². The molecule has 1 saturated heterocycles. The van der Waals surface area contributed by atoms with Crippen LogP contribution in [0.4, 0.5) is 5.69 Å². The van der Waals surface area contributed by atoms with Crippen LogP contribution in [-0.2, 0) is 9.59 Å². The Hall–Kier alpha value is -3.38. The van der Waals surface area contributed by atoms with Gasteiger partial charge in [0.25, 0.3) is 11.7 Å². The van der Waals surface area contributed by atoms with Gasteiger partial charge in [-0.2, -0.15) is 0 Å². The fraction of sp³-hybridized carbons (Fsp3) is 0.0833. The van der Waals surface area contributed by atoms with Crippen LogP contribution in [0.1, 0.15) is 17.2 Å². The smallest absolute Gasteiger partial charge is 0.300 e. The molecule has 3 aromatic rings. The Balaban J connectivity index is 1.94. The van der Waals surface area contributed by atoms with Crippen molar-refractivity contribution in [2.75, 3.05) is 12.0 Å². The summed E-state index contributed by atoms with van der Waals surface area (Å²) >= 11 is 3.41. The zero-order valence-corrected chi connectivity index (χ0v) is 17.7. The molecule has 0 spiro atoms. The maximum absolute atomic E-state index is 13.1. The van der Waals surface area contributed by atoms with E-state index in [0.717, 1.165) is 4.47 Å². The van der Waals surface area contributed by atoms with Gasteiger partial charge in [0.05, 0.1) is 18.7 Å². The van der Waals surface area contributed by atoms with Crippen LogP contribution in [0.5, 0.6) is 5.75 Å². The van der Waals surface area contributed by atoms with Crippen molar-refractivity contribution in [2.24, 2.45) is 0 Å². The van der Waals surface area contributed by atoms with E-state index in [1.54, 1.807) is 48.5 Å². The van der Waals surface area contributed by atoms with Crippen molar-refractivity contribution in [3.8, 4) is 5.75 Å². The lowest BCUT2D eigenvalue weighted by molar-refractivity contribution is -0.132. The third-order valence-electron chi connectivity index (χ3n) is 5.01. The van der Waals surface area contributed by atoms with E-state index in [1.165, 1.54) is 12.0 Å². The Labute approximate surface area is 182 Å². The second-order valence-electron chi connectivity index (χ2n) is 6.79. The van der Waals surface area contributed by atoms with Crippen LogP contribution < -0.4 is 9.64 Å². The second kappa shape index (κ2) is 8.16. The number of carbonyl (C=O) groups is 2. The highest BCUT2D eigenvalue weighted by Gasteiger charge is 2.47. The van der Waals surface area contributed by atoms with E-state index in [1.807, 2.05) is 30.3 Å². The molecule has 0 unspecified atom stereocenters. The van der Waals surface area contributed by atoms with Gasteiger partial charge in [-0.25, -0.2) is 0 Å². The molecule has 150 valence electrons. The summed E-state index contributed by atoms with van der Waals surface area (Å²) in [6, 6.07) is 22.3. The molecule has 1 atom stereocenters. The second-order valence-corrected chi connectivity index (χ2v) is 7.70. The van der Waals surface area contributed by atoms with Gasteiger partial charge in [-0.05, 0) is 29.8 Å². The van der Waals surface area contributed by atoms with E-state index in [4.69, 9.17) is 4.74 Å². The topological polar surface area (TPSA) is 66.8 Å². The molecule has 6 heteroatoms. The Morgan fingerprint density at radius 2 is 1.67 bits per heavy atom. The predicted octanol–water partition coefficient (Wildman–Crippen LogP) is 5.08. The van der Waals surface area contributed by atoms with E-state index in [-0.39, 0.29) is 11.3 Å². The number of methoxy groups -OCH3 is 1. The van der Waals surface area contributed by atoms with Crippen molar-refractivity contribution in [2.45, 2.75) is 6.04 Å². The molecule has 1 amide bonds. The molecule has 0 aromatic heterocycles. The number of benzene rings is 3. The van der Waals surface area contributed by atoms with Gasteiger partial charge in [-0.1, -0.05) is 64.5 Å². The molecule has 1 aliphatic rings. The summed E-state index contributed by atoms with van der Waals surface area (Å²) in [6.45, 7) is 0. The number of carbonyl (C=O) groups excluding carboxylic acids is 2. The molecule has 1 heterocycles. The summed E-state index contributed by atoms with van der Waals surface area (Å²) in [7, 11) is 1.54. The molecule has 0 aliphatic carbocycles. The van der Waals surface area contributed by atoms with Crippen molar-refractivity contribution in [1.29, 1.82) is 0 Å². The van der Waals surface area contributed by atoms with Gasteiger partial charge < -0.3 is 9.84 Å². The Bertz CT molecular complexity index is 1140. The third kappa shape index (κ3) is 3.50. The number of nitrogens with zero attached hydrogens (tertiary/aromatic N) is 1. The molecular weight excluding hydrogens is 446 g/mol. The van der Waals surface area contributed by atoms with Crippen LogP contribution >= 0.6 is 15.9 Å². The minimum absolute atomic E-state index is 0.0522. The van der Waals surface area contributed by atoms with Crippen molar-refractivity contribution >= 4 is 39.1 Å². The van der Waals surface area contributed by atoms with Crippen LogP contribution in [0, 0.1) is 0 Å². The molecular formula is C24H18BrNO4. The number of aliphatic hydroxyl groups is 1. The number of ether oxygens (including phenoxy) is 1. The summed E-state index contributed by atoms with van der Waals surface area (Å²) in [4.78, 5) is 27.5. The fourth-order valence-electron chi connectivity index (χ4n) is 3.57. The first-order chi connectivity index (χ1) is 14.5. The minimum Gasteiger partial charge on any atom is -0.507 e. The first-order valence-corrected chi connectivity index (χ1v) is 10.1. The molecule has 30 heavy (non-hydrogen) atoms. The minimum atomic E-state index is -0.773. The lowest BCUT2D eigenvalue weighted by Crippen LogP contribution is -2.29. The van der Waals surface area contributed by atoms with Crippen LogP contribution in [0.15, 0.2) is 88.9 Å². The number of anilines is 1. The number of rotatable bonds is 4. The Morgan fingerprint density at radius 3 is 2.33 bits per heavy atom. The van der Waals surface area contributed by atoms with E-state index in [0.29, 0.717) is 22.6 Å². The number of halogens is 1. The largest absolute Gasteiger partial charge is 0.507 e. The van der Waals surface area contributed by atoms with Crippen LogP contribution in [0.2, 0.25) is 0 Å². The normalized spacial score (nSPS) is 17.9. The van der Waals surface area contributed by atoms with Crippen LogP contribution in [-0.4, -0.2) is 23.9 Å². The average Bonchev–Trinajstić information content (AvgIpc) is 3.05. The number of amides is 1. The monoisotopic (exact) mass is 463 g/mol. The highest BCUT2D eigenvalue weighted by molar-refractivity contribution is 9.10. The lowest BCUT2D eigenvalue weighted by atomic mass is 9.95. The quantitative estimate of drug-likeness (QED) is 0.332. The van der Waals surface area contributed by atoms with E-state index >= 15 is 0 Å². The van der Waals surface area contributed by atoms with E-state index in [9.17, 15) is 14.7 Å². The fourth-order valence-corrected chi connectivity index (χ4v) is 3.84. The molecule has 5 nitrogen and oxygen atoms in total. The molecule has 1 fully saturated rings. The van der Waals surface area contributed by atoms with Gasteiger partial charge in [0.15, 0.2) is 0 Å². The van der Waals surface area contributed by atoms with Crippen molar-refractivity contribution < 1.29 is 19.4 Å². The molecule has 3 aromatic carbocycles. The SMILES string of the molecule is COc1cccc(N2C(=O)C(=O)C(=C(O)c3ccccc3)[C@H]2c2ccc(Br)cc2)c1. The van der Waals surface area contributed by atoms with Gasteiger partial charge in [-0.3, -0.25) is 14.5 Å². The summed E-state index contributed by atoms with van der Waals surface area (Å²) in [5, 5.41) is 11.0. The molecule has 1 N–H and O–H groups in total. The van der Waals surface area contributed by atoms with Crippen molar-refractivity contribution in [3.05, 3.63) is 100 Å². The zero-order valence-electron chi connectivity index (χ0n) is 16.1. The molecule has 0 bridgehead atoms. The first-order valence-electron chi connectivity index (χ1n) is 9.27. The summed E-state index contributed by atoms with van der Waals surface area (Å²) in [5.41, 5.74) is 1.74. The van der Waals surface area contributed by atoms with Crippen molar-refractivity contribution in [3.63, 3.8) is 0 Å². The average molecular weight is 464 g/mol. The molecule has 0 saturated carbocycles. The summed E-state index contributed by atoms with van der Waals surface area (Å²) in [6.07, 6.45) is 0. The maximum atomic E-state index is 13.1. The van der Waals surface area contributed by atoms with Gasteiger partial charge in [0.2, 0.25) is 0 Å². The number of ketones is 1. The standard InChI is InChI=1S/C24H18BrNO4/c1-30-19-9-5-8-18(14-19)26-21(15-10-12-17(25)13-11-15)20(23(28)24(26)29)22(27)16-6-3-2-4-7-16/h2-14,21,27H,1H3/t21-/m1/s1. The molecule has 4 rings (SSSR count). The number of aliphatic hydroxyl groups excluding tert-OH is 1. The predicted molar refractivity (Wildman–Crippen MR) is 118 cm³/mol. The Morgan fingerprint density at radius 1 is 0.967 bits per heavy atom. The van der Waals surface area contributed by atoms with E-state index < -0.39 is 17.7 Å². The highest BCUT2D eigenvalue weighted by atomic mass is 79.9. The number of hydrogen-bond donors (Lipinski definition) is 1. The first kappa shape index (κ1) is 19.9. The molecule has 1 aliphatic heterocycles. The van der Waals surface area contributed by atoms with Crippen molar-refractivity contribution in [1.82, 2.24) is 0 Å². The maximum Gasteiger partial charge on any atom is 0.300 e. The number of hydrogen-bond acceptors (Lipinski definition) is 4.